The number of amidine groups is 1. The third-order valence-electron chi connectivity index (χ3n) is 3.46. The van der Waals surface area contributed by atoms with Crippen LogP contribution in [0.1, 0.15) is 6.42 Å². The van der Waals surface area contributed by atoms with Crippen LogP contribution in [0.2, 0.25) is 0 Å². The van der Waals surface area contributed by atoms with Crippen molar-refractivity contribution in [1.29, 1.82) is 0 Å². The van der Waals surface area contributed by atoms with Crippen molar-refractivity contribution in [2.45, 2.75) is 30.9 Å². The summed E-state index contributed by atoms with van der Waals surface area (Å²) in [5, 5.41) is 21.4. The number of amides is 1. The highest BCUT2D eigenvalue weighted by atomic mass is 16.5. The number of rotatable bonds is 2. The van der Waals surface area contributed by atoms with E-state index in [4.69, 9.17) is 9.84 Å². The van der Waals surface area contributed by atoms with E-state index in [-0.39, 0.29) is 18.5 Å². The fourth-order valence-electron chi connectivity index (χ4n) is 2.40. The number of aliphatic hydroxyl groups excluding tert-OH is 2. The molecule has 9 nitrogen and oxygen atoms in total. The Hall–Kier alpha value is -1.84. The van der Waals surface area contributed by atoms with Gasteiger partial charge in [-0.1, -0.05) is 0 Å². The van der Waals surface area contributed by atoms with Gasteiger partial charge in [-0.25, -0.2) is 0 Å². The predicted octanol–water partition coefficient (Wildman–Crippen LogP) is -2.32. The summed E-state index contributed by atoms with van der Waals surface area (Å²) in [4.78, 5) is 25.6. The standard InChI is InChI=1S/C11H15N5O4/c1-12-11-14-9-8(10(19)15-11)13-4-16(9)7-2-5(18)6(3-17)20-7/h4-8,17-18H,2-3H2,1H3,(H,12,15,19). The third kappa shape index (κ3) is 1.99. The maximum atomic E-state index is 11.8. The third-order valence-corrected chi connectivity index (χ3v) is 3.46. The van der Waals surface area contributed by atoms with Gasteiger partial charge in [0.1, 0.15) is 12.3 Å². The van der Waals surface area contributed by atoms with Crippen LogP contribution in [-0.4, -0.2) is 77.3 Å². The molecule has 3 rings (SSSR count). The number of nitrogens with zero attached hydrogens (tertiary/aromatic N) is 4. The van der Waals surface area contributed by atoms with Crippen LogP contribution in [0.15, 0.2) is 15.0 Å². The molecule has 3 aliphatic rings. The van der Waals surface area contributed by atoms with Gasteiger partial charge in [0.25, 0.3) is 5.91 Å². The van der Waals surface area contributed by atoms with Gasteiger partial charge in [0.05, 0.1) is 19.0 Å². The van der Waals surface area contributed by atoms with Crippen LogP contribution in [0.5, 0.6) is 0 Å². The quantitative estimate of drug-likeness (QED) is 0.525. The Balaban J connectivity index is 1.84. The van der Waals surface area contributed by atoms with Crippen molar-refractivity contribution >= 4 is 24.0 Å². The molecular formula is C11H15N5O4. The van der Waals surface area contributed by atoms with E-state index in [9.17, 15) is 9.90 Å². The number of carbonyl (C=O) groups excluding carboxylic acids is 1. The summed E-state index contributed by atoms with van der Waals surface area (Å²) in [6.07, 6.45) is -0.111. The lowest BCUT2D eigenvalue weighted by Gasteiger charge is -2.26. The van der Waals surface area contributed by atoms with Gasteiger partial charge in [0, 0.05) is 13.5 Å². The molecule has 3 heterocycles. The predicted molar refractivity (Wildman–Crippen MR) is 69.4 cm³/mol. The molecule has 4 unspecified atom stereocenters. The fourth-order valence-corrected chi connectivity index (χ4v) is 2.40. The molecule has 1 amide bonds. The molecular weight excluding hydrogens is 266 g/mol. The van der Waals surface area contributed by atoms with Gasteiger partial charge in [0.2, 0.25) is 5.96 Å². The van der Waals surface area contributed by atoms with Gasteiger partial charge >= 0.3 is 0 Å². The highest BCUT2D eigenvalue weighted by Gasteiger charge is 2.44. The van der Waals surface area contributed by atoms with E-state index < -0.39 is 24.5 Å². The van der Waals surface area contributed by atoms with Crippen LogP contribution in [0.4, 0.5) is 0 Å². The van der Waals surface area contributed by atoms with Crippen molar-refractivity contribution in [3.05, 3.63) is 0 Å². The van der Waals surface area contributed by atoms with E-state index in [1.807, 2.05) is 0 Å². The Morgan fingerprint density at radius 3 is 3.10 bits per heavy atom. The van der Waals surface area contributed by atoms with Crippen LogP contribution in [-0.2, 0) is 9.53 Å². The monoisotopic (exact) mass is 281 g/mol. The molecule has 0 aromatic heterocycles. The minimum absolute atomic E-state index is 0.217. The molecule has 9 heteroatoms. The molecule has 0 saturated carbocycles. The number of fused-ring (bicyclic) bond motifs is 1. The average Bonchev–Trinajstić information content (AvgIpc) is 3.01. The van der Waals surface area contributed by atoms with Crippen LogP contribution >= 0.6 is 0 Å². The lowest BCUT2D eigenvalue weighted by Crippen LogP contribution is -2.51. The van der Waals surface area contributed by atoms with Crippen LogP contribution in [0, 0.1) is 0 Å². The van der Waals surface area contributed by atoms with Gasteiger partial charge in [-0.15, -0.1) is 0 Å². The normalized spacial score (nSPS) is 38.1. The Morgan fingerprint density at radius 2 is 2.45 bits per heavy atom. The topological polar surface area (TPSA) is 119 Å². The number of aliphatic imine (C=N–C) groups is 3. The first kappa shape index (κ1) is 13.2. The molecule has 0 spiro atoms. The SMILES string of the molecule is CN=C1N=C2C(N=CN2C2CC(O)C(CO)O2)C(=O)N1. The second-order valence-electron chi connectivity index (χ2n) is 4.70. The molecule has 1 saturated heterocycles. The molecule has 1 fully saturated rings. The summed E-state index contributed by atoms with van der Waals surface area (Å²) >= 11 is 0. The Bertz CT molecular complexity index is 517. The summed E-state index contributed by atoms with van der Waals surface area (Å²) in [5.41, 5.74) is 0. The highest BCUT2D eigenvalue weighted by Crippen LogP contribution is 2.26. The Labute approximate surface area is 114 Å². The van der Waals surface area contributed by atoms with Gasteiger partial charge < -0.3 is 14.9 Å². The Morgan fingerprint density at radius 1 is 1.65 bits per heavy atom. The average molecular weight is 281 g/mol. The molecule has 0 aromatic carbocycles. The summed E-state index contributed by atoms with van der Waals surface area (Å²) in [7, 11) is 1.53. The first-order chi connectivity index (χ1) is 9.63. The number of ether oxygens (including phenoxy) is 1. The maximum Gasteiger partial charge on any atom is 0.259 e. The molecule has 3 aliphatic heterocycles. The van der Waals surface area contributed by atoms with Gasteiger partial charge in [-0.05, 0) is 0 Å². The lowest BCUT2D eigenvalue weighted by molar-refractivity contribution is -0.119. The lowest BCUT2D eigenvalue weighted by atomic mass is 10.1. The molecule has 0 aliphatic carbocycles. The number of hydrogen-bond donors (Lipinski definition) is 3. The molecule has 0 aromatic rings. The van der Waals surface area contributed by atoms with E-state index in [0.29, 0.717) is 12.3 Å². The van der Waals surface area contributed by atoms with Crippen molar-refractivity contribution in [2.75, 3.05) is 13.7 Å². The van der Waals surface area contributed by atoms with Gasteiger partial charge in [-0.2, -0.15) is 4.99 Å². The van der Waals surface area contributed by atoms with E-state index >= 15 is 0 Å². The first-order valence-corrected chi connectivity index (χ1v) is 6.26. The highest BCUT2D eigenvalue weighted by molar-refractivity contribution is 6.23. The second-order valence-corrected chi connectivity index (χ2v) is 4.70. The van der Waals surface area contributed by atoms with E-state index in [1.165, 1.54) is 13.4 Å². The first-order valence-electron chi connectivity index (χ1n) is 6.26. The Kier molecular flexibility index (Phi) is 3.24. The number of guanidine groups is 1. The molecule has 0 radical (unpaired) electrons. The second kappa shape index (κ2) is 4.93. The minimum Gasteiger partial charge on any atom is -0.394 e. The molecule has 0 bridgehead atoms. The van der Waals surface area contributed by atoms with Gasteiger partial charge in [0.15, 0.2) is 11.9 Å². The smallest absolute Gasteiger partial charge is 0.259 e. The maximum absolute atomic E-state index is 11.8. The van der Waals surface area contributed by atoms with Crippen LogP contribution in [0.3, 0.4) is 0 Å². The van der Waals surface area contributed by atoms with Gasteiger partial charge in [-0.3, -0.25) is 25.0 Å². The zero-order chi connectivity index (χ0) is 14.3. The molecule has 108 valence electrons. The summed E-state index contributed by atoms with van der Waals surface area (Å²) in [6, 6.07) is -0.714. The van der Waals surface area contributed by atoms with Crippen molar-refractivity contribution < 1.29 is 19.7 Å². The van der Waals surface area contributed by atoms with E-state index in [2.05, 4.69) is 20.3 Å². The van der Waals surface area contributed by atoms with Crippen molar-refractivity contribution in [2.24, 2.45) is 15.0 Å². The minimum atomic E-state index is -0.755. The largest absolute Gasteiger partial charge is 0.394 e. The molecule has 20 heavy (non-hydrogen) atoms. The molecule has 3 N–H and O–H groups in total. The van der Waals surface area contributed by atoms with E-state index in [0.717, 1.165) is 0 Å². The number of hydrogen-bond acceptors (Lipinski definition) is 7. The number of nitrogens with one attached hydrogen (secondary N) is 1. The van der Waals surface area contributed by atoms with Crippen LogP contribution in [0.25, 0.3) is 0 Å². The molecule has 4 atom stereocenters. The fraction of sp³-hybridized carbons (Fsp3) is 0.636. The zero-order valence-corrected chi connectivity index (χ0v) is 10.8. The van der Waals surface area contributed by atoms with E-state index in [1.54, 1.807) is 4.90 Å². The van der Waals surface area contributed by atoms with Crippen molar-refractivity contribution in [3.63, 3.8) is 0 Å². The number of carbonyl (C=O) groups is 1. The number of aliphatic hydroxyl groups is 2. The van der Waals surface area contributed by atoms with Crippen molar-refractivity contribution in [3.8, 4) is 0 Å². The van der Waals surface area contributed by atoms with Crippen LogP contribution < -0.4 is 5.32 Å². The van der Waals surface area contributed by atoms with Crippen molar-refractivity contribution in [1.82, 2.24) is 10.2 Å². The zero-order valence-electron chi connectivity index (χ0n) is 10.8. The summed E-state index contributed by atoms with van der Waals surface area (Å²) in [6.45, 7) is -0.263. The summed E-state index contributed by atoms with van der Waals surface area (Å²) < 4.78 is 5.54. The summed E-state index contributed by atoms with van der Waals surface area (Å²) in [5.74, 6) is 0.339.